The number of nitrogens with one attached hydrogen (secondary N) is 1. The first-order chi connectivity index (χ1) is 8.13. The molecule has 0 bridgehead atoms. The van der Waals surface area contributed by atoms with Crippen molar-refractivity contribution in [2.45, 2.75) is 33.7 Å². The topological polar surface area (TPSA) is 28.4 Å². The summed E-state index contributed by atoms with van der Waals surface area (Å²) in [6, 6.07) is 4.25. The van der Waals surface area contributed by atoms with Crippen molar-refractivity contribution < 1.29 is 4.42 Å². The van der Waals surface area contributed by atoms with Crippen molar-refractivity contribution >= 4 is 0 Å². The van der Waals surface area contributed by atoms with Crippen LogP contribution in [0.4, 0.5) is 0 Å². The van der Waals surface area contributed by atoms with Crippen LogP contribution in [0.1, 0.15) is 39.5 Å². The fourth-order valence-electron chi connectivity index (χ4n) is 1.97. The lowest BCUT2D eigenvalue weighted by Gasteiger charge is -2.23. The summed E-state index contributed by atoms with van der Waals surface area (Å²) < 4.78 is 5.37. The summed E-state index contributed by atoms with van der Waals surface area (Å²) in [5, 5.41) is 3.49. The van der Waals surface area contributed by atoms with E-state index in [1.807, 2.05) is 12.1 Å². The van der Waals surface area contributed by atoms with Crippen LogP contribution < -0.4 is 5.32 Å². The SMILES string of the molecule is CCN(CCNC(C)c1ccco1)CC(C)C. The molecule has 98 valence electrons. The molecule has 0 aliphatic carbocycles. The first-order valence-electron chi connectivity index (χ1n) is 6.62. The highest BCUT2D eigenvalue weighted by molar-refractivity contribution is 5.02. The van der Waals surface area contributed by atoms with Gasteiger partial charge in [0, 0.05) is 19.6 Å². The van der Waals surface area contributed by atoms with E-state index >= 15 is 0 Å². The van der Waals surface area contributed by atoms with E-state index in [0.717, 1.165) is 31.3 Å². The van der Waals surface area contributed by atoms with E-state index in [1.54, 1.807) is 6.26 Å². The lowest BCUT2D eigenvalue weighted by Crippen LogP contribution is -2.35. The van der Waals surface area contributed by atoms with Gasteiger partial charge in [0.25, 0.3) is 0 Å². The Labute approximate surface area is 105 Å². The Morgan fingerprint density at radius 3 is 2.65 bits per heavy atom. The van der Waals surface area contributed by atoms with Crippen LogP contribution in [0.15, 0.2) is 22.8 Å². The van der Waals surface area contributed by atoms with Crippen LogP contribution in [0.25, 0.3) is 0 Å². The number of hydrogen-bond donors (Lipinski definition) is 1. The molecule has 1 aromatic heterocycles. The molecule has 1 heterocycles. The van der Waals surface area contributed by atoms with Gasteiger partial charge in [-0.25, -0.2) is 0 Å². The van der Waals surface area contributed by atoms with Crippen LogP contribution in [0.5, 0.6) is 0 Å². The van der Waals surface area contributed by atoms with Gasteiger partial charge in [0.05, 0.1) is 12.3 Å². The molecule has 1 atom stereocenters. The molecule has 1 unspecified atom stereocenters. The van der Waals surface area contributed by atoms with E-state index in [-0.39, 0.29) is 0 Å². The molecule has 0 aromatic carbocycles. The van der Waals surface area contributed by atoms with Gasteiger partial charge in [-0.15, -0.1) is 0 Å². The Morgan fingerprint density at radius 1 is 1.35 bits per heavy atom. The van der Waals surface area contributed by atoms with E-state index in [2.05, 4.69) is 37.9 Å². The summed E-state index contributed by atoms with van der Waals surface area (Å²) in [6.45, 7) is 13.3. The third-order valence-electron chi connectivity index (χ3n) is 2.92. The molecular formula is C14H26N2O. The maximum Gasteiger partial charge on any atom is 0.120 e. The first-order valence-corrected chi connectivity index (χ1v) is 6.62. The smallest absolute Gasteiger partial charge is 0.120 e. The van der Waals surface area contributed by atoms with Gasteiger partial charge in [0.15, 0.2) is 0 Å². The van der Waals surface area contributed by atoms with E-state index in [0.29, 0.717) is 6.04 Å². The molecule has 3 heteroatoms. The van der Waals surface area contributed by atoms with Gasteiger partial charge in [-0.05, 0) is 31.5 Å². The van der Waals surface area contributed by atoms with Crippen molar-refractivity contribution in [1.82, 2.24) is 10.2 Å². The largest absolute Gasteiger partial charge is 0.468 e. The normalized spacial score (nSPS) is 13.5. The molecule has 1 N–H and O–H groups in total. The van der Waals surface area contributed by atoms with Crippen molar-refractivity contribution in [2.24, 2.45) is 5.92 Å². The third kappa shape index (κ3) is 5.37. The van der Waals surface area contributed by atoms with Crippen molar-refractivity contribution in [3.05, 3.63) is 24.2 Å². The van der Waals surface area contributed by atoms with Gasteiger partial charge in [0.1, 0.15) is 5.76 Å². The number of likely N-dealkylation sites (N-methyl/N-ethyl adjacent to an activating group) is 1. The molecule has 0 saturated heterocycles. The summed E-state index contributed by atoms with van der Waals surface area (Å²) in [7, 11) is 0. The summed E-state index contributed by atoms with van der Waals surface area (Å²) >= 11 is 0. The molecule has 3 nitrogen and oxygen atoms in total. The van der Waals surface area contributed by atoms with E-state index < -0.39 is 0 Å². The van der Waals surface area contributed by atoms with Gasteiger partial charge in [-0.3, -0.25) is 0 Å². The Hall–Kier alpha value is -0.800. The maximum absolute atomic E-state index is 5.37. The molecule has 0 radical (unpaired) electrons. The molecular weight excluding hydrogens is 212 g/mol. The minimum atomic E-state index is 0.294. The van der Waals surface area contributed by atoms with Gasteiger partial charge in [-0.2, -0.15) is 0 Å². The zero-order valence-electron chi connectivity index (χ0n) is 11.6. The minimum absolute atomic E-state index is 0.294. The molecule has 0 amide bonds. The second kappa shape index (κ2) is 7.51. The van der Waals surface area contributed by atoms with Crippen LogP contribution >= 0.6 is 0 Å². The second-order valence-electron chi connectivity index (χ2n) is 4.98. The lowest BCUT2D eigenvalue weighted by atomic mass is 10.2. The van der Waals surface area contributed by atoms with E-state index in [9.17, 15) is 0 Å². The van der Waals surface area contributed by atoms with Crippen LogP contribution in [0, 0.1) is 5.92 Å². The molecule has 0 spiro atoms. The number of hydrogen-bond acceptors (Lipinski definition) is 3. The summed E-state index contributed by atoms with van der Waals surface area (Å²) in [5.41, 5.74) is 0. The van der Waals surface area contributed by atoms with Crippen molar-refractivity contribution in [3.63, 3.8) is 0 Å². The number of nitrogens with zero attached hydrogens (tertiary/aromatic N) is 1. The predicted molar refractivity (Wildman–Crippen MR) is 72.1 cm³/mol. The fraction of sp³-hybridized carbons (Fsp3) is 0.714. The van der Waals surface area contributed by atoms with E-state index in [1.165, 1.54) is 6.54 Å². The predicted octanol–water partition coefficient (Wildman–Crippen LogP) is 2.91. The van der Waals surface area contributed by atoms with Crippen LogP contribution in [-0.2, 0) is 0 Å². The fourth-order valence-corrected chi connectivity index (χ4v) is 1.97. The first kappa shape index (κ1) is 14.3. The zero-order chi connectivity index (χ0) is 12.7. The third-order valence-corrected chi connectivity index (χ3v) is 2.92. The molecule has 1 rings (SSSR count). The number of rotatable bonds is 8. The Bertz CT molecular complexity index is 282. The maximum atomic E-state index is 5.37. The van der Waals surface area contributed by atoms with Crippen molar-refractivity contribution in [2.75, 3.05) is 26.2 Å². The molecule has 0 fully saturated rings. The Morgan fingerprint density at radius 2 is 2.12 bits per heavy atom. The van der Waals surface area contributed by atoms with Crippen LogP contribution in [0.3, 0.4) is 0 Å². The van der Waals surface area contributed by atoms with Gasteiger partial charge in [0.2, 0.25) is 0 Å². The second-order valence-corrected chi connectivity index (χ2v) is 4.98. The van der Waals surface area contributed by atoms with Gasteiger partial charge >= 0.3 is 0 Å². The Kier molecular flexibility index (Phi) is 6.30. The summed E-state index contributed by atoms with van der Waals surface area (Å²) in [5.74, 6) is 1.74. The monoisotopic (exact) mass is 238 g/mol. The average Bonchev–Trinajstić information content (AvgIpc) is 2.80. The molecule has 0 aliphatic rings. The Balaban J connectivity index is 2.22. The highest BCUT2D eigenvalue weighted by atomic mass is 16.3. The average molecular weight is 238 g/mol. The summed E-state index contributed by atoms with van der Waals surface area (Å²) in [4.78, 5) is 2.48. The molecule has 17 heavy (non-hydrogen) atoms. The van der Waals surface area contributed by atoms with Crippen molar-refractivity contribution in [3.8, 4) is 0 Å². The van der Waals surface area contributed by atoms with E-state index in [4.69, 9.17) is 4.42 Å². The van der Waals surface area contributed by atoms with Gasteiger partial charge < -0.3 is 14.6 Å². The highest BCUT2D eigenvalue weighted by Gasteiger charge is 2.08. The van der Waals surface area contributed by atoms with Gasteiger partial charge in [-0.1, -0.05) is 20.8 Å². The number of furan rings is 1. The zero-order valence-corrected chi connectivity index (χ0v) is 11.6. The lowest BCUT2D eigenvalue weighted by molar-refractivity contribution is 0.251. The quantitative estimate of drug-likeness (QED) is 0.755. The minimum Gasteiger partial charge on any atom is -0.468 e. The van der Waals surface area contributed by atoms with Crippen LogP contribution in [0.2, 0.25) is 0 Å². The molecule has 1 aromatic rings. The highest BCUT2D eigenvalue weighted by Crippen LogP contribution is 2.11. The summed E-state index contributed by atoms with van der Waals surface area (Å²) in [6.07, 6.45) is 1.73. The van der Waals surface area contributed by atoms with Crippen LogP contribution in [-0.4, -0.2) is 31.1 Å². The molecule has 0 aliphatic heterocycles. The standard InChI is InChI=1S/C14H26N2O/c1-5-16(11-12(2)3)9-8-15-13(4)14-7-6-10-17-14/h6-7,10,12-13,15H,5,8-9,11H2,1-4H3. The molecule has 0 saturated carbocycles. The van der Waals surface area contributed by atoms with Crippen molar-refractivity contribution in [1.29, 1.82) is 0 Å².